The van der Waals surface area contributed by atoms with Crippen LogP contribution in [0.25, 0.3) is 0 Å². The molecule has 1 aromatic heterocycles. The van der Waals surface area contributed by atoms with Crippen molar-refractivity contribution in [2.75, 3.05) is 6.54 Å². The predicted molar refractivity (Wildman–Crippen MR) is 79.6 cm³/mol. The van der Waals surface area contributed by atoms with E-state index in [0.29, 0.717) is 28.3 Å². The van der Waals surface area contributed by atoms with Crippen LogP contribution in [0.3, 0.4) is 0 Å². The molecule has 0 aliphatic carbocycles. The van der Waals surface area contributed by atoms with E-state index >= 15 is 0 Å². The van der Waals surface area contributed by atoms with Gasteiger partial charge in [0.15, 0.2) is 5.75 Å². The van der Waals surface area contributed by atoms with Gasteiger partial charge in [-0.2, -0.15) is 4.98 Å². The third kappa shape index (κ3) is 4.40. The molecule has 0 unspecified atom stereocenters. The fraction of sp³-hybridized carbons (Fsp3) is 0.357. The van der Waals surface area contributed by atoms with Gasteiger partial charge in [-0.05, 0) is 30.7 Å². The van der Waals surface area contributed by atoms with Crippen LogP contribution in [0.15, 0.2) is 28.9 Å². The molecule has 108 valence electrons. The lowest BCUT2D eigenvalue weighted by atomic mass is 10.2. The van der Waals surface area contributed by atoms with Crippen molar-refractivity contribution in [3.8, 4) is 11.8 Å². The number of oxazole rings is 1. The number of rotatable bonds is 6. The molecule has 1 N–H and O–H groups in total. The van der Waals surface area contributed by atoms with Crippen molar-refractivity contribution in [3.63, 3.8) is 0 Å². The van der Waals surface area contributed by atoms with E-state index in [1.54, 1.807) is 24.5 Å². The lowest BCUT2D eigenvalue weighted by Crippen LogP contribution is -2.19. The normalized spacial score (nSPS) is 11.1. The minimum Gasteiger partial charge on any atom is -0.417 e. The van der Waals surface area contributed by atoms with Crippen LogP contribution < -0.4 is 10.1 Å². The Labute approximate surface area is 128 Å². The van der Waals surface area contributed by atoms with Crippen LogP contribution in [0.4, 0.5) is 0 Å². The van der Waals surface area contributed by atoms with Gasteiger partial charge in [-0.3, -0.25) is 0 Å². The SMILES string of the molecule is CC(C)CNCc1coc(Oc2ccc(Cl)cc2Cl)n1. The first-order valence-electron chi connectivity index (χ1n) is 6.32. The average molecular weight is 315 g/mol. The summed E-state index contributed by atoms with van der Waals surface area (Å²) >= 11 is 11.8. The first kappa shape index (κ1) is 15.2. The Hall–Kier alpha value is -1.23. The second kappa shape index (κ2) is 6.97. The molecule has 0 bridgehead atoms. The maximum atomic E-state index is 6.01. The van der Waals surface area contributed by atoms with Crippen LogP contribution in [0.1, 0.15) is 19.5 Å². The number of aromatic nitrogens is 1. The lowest BCUT2D eigenvalue weighted by molar-refractivity contribution is 0.331. The topological polar surface area (TPSA) is 47.3 Å². The number of ether oxygens (including phenoxy) is 1. The Morgan fingerprint density at radius 3 is 2.85 bits per heavy atom. The molecule has 2 aromatic rings. The van der Waals surface area contributed by atoms with Gasteiger partial charge in [-0.1, -0.05) is 37.0 Å². The fourth-order valence-corrected chi connectivity index (χ4v) is 2.00. The van der Waals surface area contributed by atoms with Gasteiger partial charge in [0.1, 0.15) is 6.26 Å². The number of hydrogen-bond donors (Lipinski definition) is 1. The Morgan fingerprint density at radius 2 is 2.15 bits per heavy atom. The smallest absolute Gasteiger partial charge is 0.399 e. The quantitative estimate of drug-likeness (QED) is 0.851. The monoisotopic (exact) mass is 314 g/mol. The predicted octanol–water partition coefficient (Wildman–Crippen LogP) is 4.52. The van der Waals surface area contributed by atoms with Crippen molar-refractivity contribution >= 4 is 23.2 Å². The molecule has 0 saturated heterocycles. The Bertz CT molecular complexity index is 570. The van der Waals surface area contributed by atoms with E-state index in [4.69, 9.17) is 32.4 Å². The van der Waals surface area contributed by atoms with Crippen LogP contribution in [0.2, 0.25) is 10.0 Å². The van der Waals surface area contributed by atoms with Crippen molar-refractivity contribution in [2.24, 2.45) is 5.92 Å². The van der Waals surface area contributed by atoms with Gasteiger partial charge in [0, 0.05) is 11.6 Å². The molecule has 20 heavy (non-hydrogen) atoms. The molecule has 0 atom stereocenters. The number of nitrogens with one attached hydrogen (secondary N) is 1. The van der Waals surface area contributed by atoms with Gasteiger partial charge in [-0.15, -0.1) is 0 Å². The highest BCUT2D eigenvalue weighted by atomic mass is 35.5. The maximum Gasteiger partial charge on any atom is 0.399 e. The van der Waals surface area contributed by atoms with E-state index in [0.717, 1.165) is 12.2 Å². The number of nitrogens with zero attached hydrogens (tertiary/aromatic N) is 1. The standard InChI is InChI=1S/C14H16Cl2N2O2/c1-9(2)6-17-7-11-8-19-14(18-11)20-13-4-3-10(15)5-12(13)16/h3-5,8-9,17H,6-7H2,1-2H3. The molecule has 0 fully saturated rings. The summed E-state index contributed by atoms with van der Waals surface area (Å²) < 4.78 is 10.7. The van der Waals surface area contributed by atoms with Crippen LogP contribution in [0, 0.1) is 5.92 Å². The summed E-state index contributed by atoms with van der Waals surface area (Å²) in [5.41, 5.74) is 0.783. The number of halogens is 2. The summed E-state index contributed by atoms with van der Waals surface area (Å²) in [6, 6.07) is 4.97. The van der Waals surface area contributed by atoms with Crippen LogP contribution >= 0.6 is 23.2 Å². The minimum atomic E-state index is 0.163. The molecule has 1 heterocycles. The summed E-state index contributed by atoms with van der Waals surface area (Å²) in [5, 5.41) is 4.24. The summed E-state index contributed by atoms with van der Waals surface area (Å²) in [5.74, 6) is 1.05. The van der Waals surface area contributed by atoms with Gasteiger partial charge < -0.3 is 14.5 Å². The van der Waals surface area contributed by atoms with Crippen LogP contribution in [-0.4, -0.2) is 11.5 Å². The molecular weight excluding hydrogens is 299 g/mol. The molecule has 0 aliphatic heterocycles. The Morgan fingerprint density at radius 1 is 1.35 bits per heavy atom. The summed E-state index contributed by atoms with van der Waals surface area (Å²) in [6.45, 7) is 5.85. The van der Waals surface area contributed by atoms with Crippen LogP contribution in [-0.2, 0) is 6.54 Å². The molecule has 0 aliphatic rings. The van der Waals surface area contributed by atoms with E-state index in [1.807, 2.05) is 0 Å². The third-order valence-corrected chi connectivity index (χ3v) is 3.01. The molecule has 0 saturated carbocycles. The Kier molecular flexibility index (Phi) is 5.29. The van der Waals surface area contributed by atoms with E-state index in [1.165, 1.54) is 0 Å². The highest BCUT2D eigenvalue weighted by Gasteiger charge is 2.09. The lowest BCUT2D eigenvalue weighted by Gasteiger charge is -2.04. The van der Waals surface area contributed by atoms with Crippen molar-refractivity contribution in [1.29, 1.82) is 0 Å². The zero-order valence-corrected chi connectivity index (χ0v) is 12.8. The van der Waals surface area contributed by atoms with Gasteiger partial charge in [0.2, 0.25) is 0 Å². The first-order valence-corrected chi connectivity index (χ1v) is 7.08. The van der Waals surface area contributed by atoms with E-state index in [9.17, 15) is 0 Å². The zero-order valence-electron chi connectivity index (χ0n) is 11.3. The molecular formula is C14H16Cl2N2O2. The van der Waals surface area contributed by atoms with E-state index in [-0.39, 0.29) is 6.08 Å². The average Bonchev–Trinajstić information content (AvgIpc) is 2.80. The molecule has 6 heteroatoms. The Balaban J connectivity index is 1.95. The van der Waals surface area contributed by atoms with Gasteiger partial charge >= 0.3 is 6.08 Å². The summed E-state index contributed by atoms with van der Waals surface area (Å²) in [4.78, 5) is 4.22. The second-order valence-electron chi connectivity index (χ2n) is 4.81. The van der Waals surface area contributed by atoms with Gasteiger partial charge in [0.25, 0.3) is 0 Å². The van der Waals surface area contributed by atoms with Crippen molar-refractivity contribution in [3.05, 3.63) is 40.2 Å². The summed E-state index contributed by atoms with van der Waals surface area (Å²) in [6.07, 6.45) is 1.72. The zero-order chi connectivity index (χ0) is 14.5. The van der Waals surface area contributed by atoms with Crippen LogP contribution in [0.5, 0.6) is 11.8 Å². The highest BCUT2D eigenvalue weighted by Crippen LogP contribution is 2.31. The third-order valence-electron chi connectivity index (χ3n) is 2.48. The first-order chi connectivity index (χ1) is 9.54. The van der Waals surface area contributed by atoms with Gasteiger partial charge in [-0.25, -0.2) is 0 Å². The molecule has 0 spiro atoms. The minimum absolute atomic E-state index is 0.163. The van der Waals surface area contributed by atoms with Crippen molar-refractivity contribution < 1.29 is 9.15 Å². The van der Waals surface area contributed by atoms with E-state index in [2.05, 4.69) is 24.1 Å². The molecule has 1 aromatic carbocycles. The maximum absolute atomic E-state index is 6.01. The molecule has 0 radical (unpaired) electrons. The summed E-state index contributed by atoms with van der Waals surface area (Å²) in [7, 11) is 0. The van der Waals surface area contributed by atoms with Crippen molar-refractivity contribution in [2.45, 2.75) is 20.4 Å². The molecule has 0 amide bonds. The van der Waals surface area contributed by atoms with E-state index < -0.39 is 0 Å². The molecule has 2 rings (SSSR count). The van der Waals surface area contributed by atoms with Crippen molar-refractivity contribution in [1.82, 2.24) is 10.3 Å². The fourth-order valence-electron chi connectivity index (χ4n) is 1.56. The highest BCUT2D eigenvalue weighted by molar-refractivity contribution is 6.35. The number of benzene rings is 1. The second-order valence-corrected chi connectivity index (χ2v) is 5.65. The number of hydrogen-bond acceptors (Lipinski definition) is 4. The van der Waals surface area contributed by atoms with Gasteiger partial charge in [0.05, 0.1) is 10.7 Å². The largest absolute Gasteiger partial charge is 0.417 e. The molecule has 4 nitrogen and oxygen atoms in total.